The van der Waals surface area contributed by atoms with Gasteiger partial charge in [-0.25, -0.2) is 15.0 Å². The van der Waals surface area contributed by atoms with Crippen LogP contribution in [0.5, 0.6) is 0 Å². The number of carbonyl (C=O) groups excluding carboxylic acids is 1. The van der Waals surface area contributed by atoms with Crippen LogP contribution >= 0.6 is 0 Å². The van der Waals surface area contributed by atoms with Crippen molar-refractivity contribution in [1.29, 1.82) is 0 Å². The minimum Gasteiger partial charge on any atom is -0.360 e. The van der Waals surface area contributed by atoms with Crippen molar-refractivity contribution in [2.75, 3.05) is 62.2 Å². The summed E-state index contributed by atoms with van der Waals surface area (Å²) in [6.07, 6.45) is 3.57. The van der Waals surface area contributed by atoms with Crippen LogP contribution in [0.3, 0.4) is 0 Å². The minimum atomic E-state index is 0.0779. The van der Waals surface area contributed by atoms with E-state index in [0.29, 0.717) is 19.6 Å². The number of piperazine rings is 2. The summed E-state index contributed by atoms with van der Waals surface area (Å²) in [5.74, 6) is 1.80. The Labute approximate surface area is 183 Å². The highest BCUT2D eigenvalue weighted by atomic mass is 16.2. The van der Waals surface area contributed by atoms with E-state index in [1.165, 1.54) is 0 Å². The molecule has 2 aliphatic heterocycles. The normalized spacial score (nSPS) is 17.5. The van der Waals surface area contributed by atoms with Gasteiger partial charge in [-0.1, -0.05) is 12.1 Å². The number of anilines is 2. The highest BCUT2D eigenvalue weighted by Crippen LogP contribution is 2.17. The molecule has 0 spiro atoms. The molecule has 1 amide bonds. The van der Waals surface area contributed by atoms with Gasteiger partial charge in [-0.2, -0.15) is 0 Å². The van der Waals surface area contributed by atoms with Gasteiger partial charge in [-0.15, -0.1) is 0 Å². The summed E-state index contributed by atoms with van der Waals surface area (Å²) in [5.41, 5.74) is 2.23. The highest BCUT2D eigenvalue weighted by Gasteiger charge is 2.21. The molecule has 2 aromatic rings. The fraction of sp³-hybridized carbons (Fsp3) is 0.455. The third-order valence-electron chi connectivity index (χ3n) is 5.50. The molecule has 0 unspecified atom stereocenters. The van der Waals surface area contributed by atoms with Crippen LogP contribution in [0.1, 0.15) is 12.5 Å². The summed E-state index contributed by atoms with van der Waals surface area (Å²) in [7, 11) is 0. The fourth-order valence-corrected chi connectivity index (χ4v) is 3.84. The minimum absolute atomic E-state index is 0.0779. The third-order valence-corrected chi connectivity index (χ3v) is 5.50. The average Bonchev–Trinajstić information content (AvgIpc) is 2.83. The molecular formula is C22H30N8O. The SMILES string of the molecule is CCNC(=NCc1ccc(N2CCNC(=O)C2)cc1)N1CCN(c2ncccn2)CC1. The fourth-order valence-electron chi connectivity index (χ4n) is 3.84. The number of benzene rings is 1. The van der Waals surface area contributed by atoms with Crippen LogP contribution in [0, 0.1) is 0 Å². The average molecular weight is 423 g/mol. The van der Waals surface area contributed by atoms with Gasteiger partial charge in [0.1, 0.15) is 0 Å². The van der Waals surface area contributed by atoms with E-state index in [9.17, 15) is 4.79 Å². The second-order valence-corrected chi connectivity index (χ2v) is 7.63. The van der Waals surface area contributed by atoms with Crippen LogP contribution in [0.25, 0.3) is 0 Å². The lowest BCUT2D eigenvalue weighted by atomic mass is 10.2. The molecule has 0 radical (unpaired) electrons. The molecule has 0 atom stereocenters. The first-order chi connectivity index (χ1) is 15.2. The van der Waals surface area contributed by atoms with E-state index in [4.69, 9.17) is 4.99 Å². The van der Waals surface area contributed by atoms with Crippen molar-refractivity contribution in [1.82, 2.24) is 25.5 Å². The molecule has 2 saturated heterocycles. The lowest BCUT2D eigenvalue weighted by Crippen LogP contribution is -2.52. The number of hydrogen-bond acceptors (Lipinski definition) is 6. The monoisotopic (exact) mass is 422 g/mol. The summed E-state index contributed by atoms with van der Waals surface area (Å²) in [5, 5.41) is 6.28. The number of hydrogen-bond donors (Lipinski definition) is 2. The van der Waals surface area contributed by atoms with Crippen LogP contribution in [-0.4, -0.2) is 79.1 Å². The second-order valence-electron chi connectivity index (χ2n) is 7.63. The Morgan fingerprint density at radius 3 is 2.48 bits per heavy atom. The van der Waals surface area contributed by atoms with Gasteiger partial charge in [0.15, 0.2) is 5.96 Å². The first kappa shape index (κ1) is 20.9. The highest BCUT2D eigenvalue weighted by molar-refractivity contribution is 5.82. The summed E-state index contributed by atoms with van der Waals surface area (Å²) in [4.78, 5) is 31.8. The molecule has 164 valence electrons. The van der Waals surface area contributed by atoms with Crippen molar-refractivity contribution in [3.05, 3.63) is 48.3 Å². The van der Waals surface area contributed by atoms with Gasteiger partial charge in [0.25, 0.3) is 0 Å². The number of carbonyl (C=O) groups is 1. The number of rotatable bonds is 5. The predicted molar refractivity (Wildman–Crippen MR) is 122 cm³/mol. The van der Waals surface area contributed by atoms with Crippen LogP contribution in [0.2, 0.25) is 0 Å². The van der Waals surface area contributed by atoms with E-state index in [1.54, 1.807) is 12.4 Å². The molecule has 0 aliphatic carbocycles. The second kappa shape index (κ2) is 10.1. The van der Waals surface area contributed by atoms with Crippen molar-refractivity contribution < 1.29 is 4.79 Å². The van der Waals surface area contributed by atoms with E-state index in [0.717, 1.165) is 62.4 Å². The van der Waals surface area contributed by atoms with Gasteiger partial charge in [-0.05, 0) is 30.7 Å². The molecule has 1 aromatic heterocycles. The smallest absolute Gasteiger partial charge is 0.239 e. The Morgan fingerprint density at radius 2 is 1.81 bits per heavy atom. The maximum Gasteiger partial charge on any atom is 0.239 e. The van der Waals surface area contributed by atoms with Gasteiger partial charge < -0.3 is 25.3 Å². The van der Waals surface area contributed by atoms with E-state index >= 15 is 0 Å². The van der Waals surface area contributed by atoms with E-state index < -0.39 is 0 Å². The Bertz CT molecular complexity index is 878. The zero-order valence-corrected chi connectivity index (χ0v) is 18.0. The molecule has 2 fully saturated rings. The van der Waals surface area contributed by atoms with Crippen LogP contribution in [0.4, 0.5) is 11.6 Å². The van der Waals surface area contributed by atoms with E-state index in [-0.39, 0.29) is 5.91 Å². The molecule has 9 heteroatoms. The number of amides is 1. The standard InChI is InChI=1S/C22H30N8O/c1-2-23-21(28-12-14-29(15-13-28)22-25-8-3-9-26-22)27-16-18-4-6-19(7-5-18)30-11-10-24-20(31)17-30/h3-9H,2,10-17H2,1H3,(H,23,27)(H,24,31). The lowest BCUT2D eigenvalue weighted by molar-refractivity contribution is -0.120. The van der Waals surface area contributed by atoms with Gasteiger partial charge >= 0.3 is 0 Å². The number of nitrogens with one attached hydrogen (secondary N) is 2. The molecule has 9 nitrogen and oxygen atoms in total. The Hall–Kier alpha value is -3.36. The van der Waals surface area contributed by atoms with E-state index in [1.807, 2.05) is 6.07 Å². The molecular weight excluding hydrogens is 392 g/mol. The molecule has 1 aromatic carbocycles. The van der Waals surface area contributed by atoms with Gasteiger partial charge in [0, 0.05) is 63.9 Å². The molecule has 4 rings (SSSR count). The quantitative estimate of drug-likeness (QED) is 0.542. The zero-order valence-electron chi connectivity index (χ0n) is 18.0. The van der Waals surface area contributed by atoms with Gasteiger partial charge in [-0.3, -0.25) is 4.79 Å². The summed E-state index contributed by atoms with van der Waals surface area (Å²) < 4.78 is 0. The van der Waals surface area contributed by atoms with Gasteiger partial charge in [0.2, 0.25) is 11.9 Å². The Kier molecular flexibility index (Phi) is 6.81. The van der Waals surface area contributed by atoms with Crippen LogP contribution in [0.15, 0.2) is 47.7 Å². The number of nitrogens with zero attached hydrogens (tertiary/aromatic N) is 6. The number of aromatic nitrogens is 2. The lowest BCUT2D eigenvalue weighted by Gasteiger charge is -2.36. The van der Waals surface area contributed by atoms with Crippen molar-refractivity contribution in [3.63, 3.8) is 0 Å². The van der Waals surface area contributed by atoms with Crippen molar-refractivity contribution in [2.45, 2.75) is 13.5 Å². The van der Waals surface area contributed by atoms with Crippen LogP contribution < -0.4 is 20.4 Å². The molecule has 0 bridgehead atoms. The Morgan fingerprint density at radius 1 is 1.06 bits per heavy atom. The van der Waals surface area contributed by atoms with Crippen LogP contribution in [-0.2, 0) is 11.3 Å². The first-order valence-corrected chi connectivity index (χ1v) is 10.9. The van der Waals surface area contributed by atoms with E-state index in [2.05, 4.69) is 66.5 Å². The van der Waals surface area contributed by atoms with Crippen molar-refractivity contribution in [2.24, 2.45) is 4.99 Å². The predicted octanol–water partition coefficient (Wildman–Crippen LogP) is 0.701. The summed E-state index contributed by atoms with van der Waals surface area (Å²) in [6, 6.07) is 10.2. The third kappa shape index (κ3) is 5.42. The number of guanidine groups is 1. The summed E-state index contributed by atoms with van der Waals surface area (Å²) in [6.45, 7) is 8.98. The van der Waals surface area contributed by atoms with Crippen molar-refractivity contribution >= 4 is 23.5 Å². The molecule has 3 heterocycles. The molecule has 0 saturated carbocycles. The molecule has 31 heavy (non-hydrogen) atoms. The Balaban J connectivity index is 1.35. The first-order valence-electron chi connectivity index (χ1n) is 10.9. The van der Waals surface area contributed by atoms with Gasteiger partial charge in [0.05, 0.1) is 13.1 Å². The topological polar surface area (TPSA) is 89.0 Å². The largest absolute Gasteiger partial charge is 0.360 e. The number of aliphatic imine (C=N–C) groups is 1. The summed E-state index contributed by atoms with van der Waals surface area (Å²) >= 11 is 0. The zero-order chi connectivity index (χ0) is 21.5. The molecule has 2 N–H and O–H groups in total. The molecule has 2 aliphatic rings. The maximum absolute atomic E-state index is 11.6. The maximum atomic E-state index is 11.6. The van der Waals surface area contributed by atoms with Crippen molar-refractivity contribution in [3.8, 4) is 0 Å².